The summed E-state index contributed by atoms with van der Waals surface area (Å²) >= 11 is 6.06. The second kappa shape index (κ2) is 5.06. The van der Waals surface area contributed by atoms with E-state index in [0.717, 1.165) is 23.9 Å². The van der Waals surface area contributed by atoms with Gasteiger partial charge in [-0.15, -0.1) is 0 Å². The number of amides is 1. The van der Waals surface area contributed by atoms with Crippen molar-refractivity contribution in [2.24, 2.45) is 5.92 Å². The Morgan fingerprint density at radius 3 is 2.80 bits per heavy atom. The Morgan fingerprint density at radius 2 is 2.10 bits per heavy atom. The number of rotatable bonds is 1. The van der Waals surface area contributed by atoms with E-state index in [1.165, 1.54) is 0 Å². The van der Waals surface area contributed by atoms with Crippen LogP contribution in [0.15, 0.2) is 30.3 Å². The van der Waals surface area contributed by atoms with Gasteiger partial charge in [0.1, 0.15) is 5.15 Å². The van der Waals surface area contributed by atoms with Crippen LogP contribution in [-0.2, 0) is 0 Å². The lowest BCUT2D eigenvalue weighted by molar-refractivity contribution is 0.0745. The molecule has 3 nitrogen and oxygen atoms in total. The molecular formula is C16H17ClN2O. The molecule has 0 bridgehead atoms. The van der Waals surface area contributed by atoms with Gasteiger partial charge in [-0.2, -0.15) is 0 Å². The largest absolute Gasteiger partial charge is 0.336 e. The topological polar surface area (TPSA) is 33.2 Å². The molecule has 3 rings (SSSR count). The first kappa shape index (κ1) is 13.4. The molecule has 104 valence electrons. The molecule has 1 aromatic heterocycles. The summed E-state index contributed by atoms with van der Waals surface area (Å²) < 4.78 is 0. The highest BCUT2D eigenvalue weighted by Gasteiger charge is 2.31. The Hall–Kier alpha value is -1.61. The summed E-state index contributed by atoms with van der Waals surface area (Å²) in [6, 6.07) is 9.60. The monoisotopic (exact) mass is 288 g/mol. The zero-order chi connectivity index (χ0) is 14.3. The van der Waals surface area contributed by atoms with Gasteiger partial charge in [0.05, 0.1) is 11.1 Å². The van der Waals surface area contributed by atoms with Gasteiger partial charge in [0, 0.05) is 18.0 Å². The number of para-hydroxylation sites is 1. The molecule has 1 fully saturated rings. The van der Waals surface area contributed by atoms with Crippen molar-refractivity contribution >= 4 is 28.4 Å². The number of likely N-dealkylation sites (tertiary alicyclic amines) is 1. The van der Waals surface area contributed by atoms with E-state index >= 15 is 0 Å². The summed E-state index contributed by atoms with van der Waals surface area (Å²) in [7, 11) is 0. The number of aromatic nitrogens is 1. The van der Waals surface area contributed by atoms with E-state index < -0.39 is 0 Å². The Morgan fingerprint density at radius 1 is 1.35 bits per heavy atom. The Balaban J connectivity index is 2.07. The zero-order valence-electron chi connectivity index (χ0n) is 11.6. The summed E-state index contributed by atoms with van der Waals surface area (Å²) in [5, 5.41) is 1.24. The molecule has 0 saturated carbocycles. The van der Waals surface area contributed by atoms with Gasteiger partial charge in [-0.1, -0.05) is 36.7 Å². The Bertz CT molecular complexity index is 671. The molecular weight excluding hydrogens is 272 g/mol. The van der Waals surface area contributed by atoms with Gasteiger partial charge in [-0.3, -0.25) is 4.79 Å². The van der Waals surface area contributed by atoms with Crippen molar-refractivity contribution in [2.45, 2.75) is 26.3 Å². The van der Waals surface area contributed by atoms with Crippen LogP contribution in [0, 0.1) is 5.92 Å². The maximum absolute atomic E-state index is 12.8. The molecule has 1 aromatic carbocycles. The summed E-state index contributed by atoms with van der Waals surface area (Å²) in [4.78, 5) is 19.0. The summed E-state index contributed by atoms with van der Waals surface area (Å²) in [6.07, 6.45) is 1.06. The average Bonchev–Trinajstić information content (AvgIpc) is 2.76. The highest BCUT2D eigenvalue weighted by Crippen LogP contribution is 2.28. The van der Waals surface area contributed by atoms with Crippen LogP contribution in [-0.4, -0.2) is 28.4 Å². The third kappa shape index (κ3) is 2.27. The van der Waals surface area contributed by atoms with E-state index in [0.29, 0.717) is 16.6 Å². The molecule has 1 saturated heterocycles. The van der Waals surface area contributed by atoms with Crippen molar-refractivity contribution in [3.05, 3.63) is 41.0 Å². The Labute approximate surface area is 123 Å². The van der Waals surface area contributed by atoms with Crippen molar-refractivity contribution in [1.82, 2.24) is 9.88 Å². The fourth-order valence-corrected chi connectivity index (χ4v) is 3.26. The van der Waals surface area contributed by atoms with Crippen LogP contribution in [0.25, 0.3) is 10.9 Å². The summed E-state index contributed by atoms with van der Waals surface area (Å²) in [6.45, 7) is 5.10. The fourth-order valence-electron chi connectivity index (χ4n) is 3.06. The van der Waals surface area contributed by atoms with Gasteiger partial charge >= 0.3 is 0 Å². The van der Waals surface area contributed by atoms with Gasteiger partial charge in [0.2, 0.25) is 0 Å². The van der Waals surface area contributed by atoms with E-state index in [2.05, 4.69) is 18.8 Å². The number of hydrogen-bond acceptors (Lipinski definition) is 2. The minimum absolute atomic E-state index is 0.0577. The highest BCUT2D eigenvalue weighted by molar-refractivity contribution is 6.30. The van der Waals surface area contributed by atoms with E-state index in [-0.39, 0.29) is 11.9 Å². The number of hydrogen-bond donors (Lipinski definition) is 0. The zero-order valence-corrected chi connectivity index (χ0v) is 12.4. The summed E-state index contributed by atoms with van der Waals surface area (Å²) in [5.41, 5.74) is 1.42. The predicted molar refractivity (Wildman–Crippen MR) is 81.0 cm³/mol. The van der Waals surface area contributed by atoms with Gasteiger partial charge < -0.3 is 4.90 Å². The normalized spacial score (nSPS) is 22.4. The lowest BCUT2D eigenvalue weighted by atomic mass is 10.1. The Kier molecular flexibility index (Phi) is 3.38. The lowest BCUT2D eigenvalue weighted by Gasteiger charge is -2.22. The molecule has 20 heavy (non-hydrogen) atoms. The third-order valence-electron chi connectivity index (χ3n) is 3.96. The lowest BCUT2D eigenvalue weighted by Crippen LogP contribution is -2.34. The predicted octanol–water partition coefficient (Wildman–Crippen LogP) is 3.76. The molecule has 2 aromatic rings. The fraction of sp³-hybridized carbons (Fsp3) is 0.375. The minimum atomic E-state index is 0.0577. The molecule has 1 amide bonds. The van der Waals surface area contributed by atoms with Crippen LogP contribution in [0.4, 0.5) is 0 Å². The number of carbonyl (C=O) groups excluding carboxylic acids is 1. The van der Waals surface area contributed by atoms with Crippen LogP contribution < -0.4 is 0 Å². The second-order valence-electron chi connectivity index (χ2n) is 5.66. The maximum Gasteiger partial charge on any atom is 0.254 e. The van der Waals surface area contributed by atoms with Crippen LogP contribution in [0.2, 0.25) is 5.15 Å². The van der Waals surface area contributed by atoms with Gasteiger partial charge in [0.15, 0.2) is 0 Å². The number of nitrogens with zero attached hydrogens (tertiary/aromatic N) is 2. The van der Waals surface area contributed by atoms with Crippen molar-refractivity contribution < 1.29 is 4.79 Å². The van der Waals surface area contributed by atoms with E-state index in [9.17, 15) is 4.79 Å². The number of pyridine rings is 1. The van der Waals surface area contributed by atoms with Crippen LogP contribution in [0.1, 0.15) is 30.6 Å². The highest BCUT2D eigenvalue weighted by atomic mass is 35.5. The van der Waals surface area contributed by atoms with E-state index in [1.54, 1.807) is 6.07 Å². The van der Waals surface area contributed by atoms with Crippen LogP contribution in [0.3, 0.4) is 0 Å². The standard InChI is InChI=1S/C16H17ClN2O/c1-10-7-11(2)19(9-10)16(20)13-8-15(17)18-14-6-4-3-5-12(13)14/h3-6,8,10-11H,7,9H2,1-2H3. The van der Waals surface area contributed by atoms with Crippen LogP contribution in [0.5, 0.6) is 0 Å². The molecule has 2 heterocycles. The number of carbonyl (C=O) groups is 1. The van der Waals surface area contributed by atoms with Crippen molar-refractivity contribution in [3.63, 3.8) is 0 Å². The molecule has 0 aliphatic carbocycles. The van der Waals surface area contributed by atoms with E-state index in [4.69, 9.17) is 11.6 Å². The third-order valence-corrected chi connectivity index (χ3v) is 4.15. The summed E-state index contributed by atoms with van der Waals surface area (Å²) in [5.74, 6) is 0.611. The second-order valence-corrected chi connectivity index (χ2v) is 6.04. The molecule has 2 atom stereocenters. The molecule has 1 aliphatic rings. The quantitative estimate of drug-likeness (QED) is 0.749. The number of fused-ring (bicyclic) bond motifs is 1. The molecule has 0 N–H and O–H groups in total. The SMILES string of the molecule is CC1CC(C)N(C(=O)c2cc(Cl)nc3ccccc23)C1. The number of halogens is 1. The first-order valence-corrected chi connectivity index (χ1v) is 7.30. The smallest absolute Gasteiger partial charge is 0.254 e. The van der Waals surface area contributed by atoms with Gasteiger partial charge in [0.25, 0.3) is 5.91 Å². The first-order valence-electron chi connectivity index (χ1n) is 6.92. The first-order chi connectivity index (χ1) is 9.56. The molecule has 1 aliphatic heterocycles. The van der Waals surface area contributed by atoms with Crippen molar-refractivity contribution in [2.75, 3.05) is 6.54 Å². The molecule has 2 unspecified atom stereocenters. The molecule has 0 spiro atoms. The van der Waals surface area contributed by atoms with E-state index in [1.807, 2.05) is 29.2 Å². The maximum atomic E-state index is 12.8. The molecule has 4 heteroatoms. The average molecular weight is 289 g/mol. The van der Waals surface area contributed by atoms with Crippen LogP contribution >= 0.6 is 11.6 Å². The molecule has 0 radical (unpaired) electrons. The van der Waals surface area contributed by atoms with Crippen molar-refractivity contribution in [3.8, 4) is 0 Å². The van der Waals surface area contributed by atoms with Gasteiger partial charge in [-0.05, 0) is 31.4 Å². The number of benzene rings is 1. The minimum Gasteiger partial charge on any atom is -0.336 e. The van der Waals surface area contributed by atoms with Gasteiger partial charge in [-0.25, -0.2) is 4.98 Å². The van der Waals surface area contributed by atoms with Crippen molar-refractivity contribution in [1.29, 1.82) is 0 Å².